The van der Waals surface area contributed by atoms with Gasteiger partial charge in [-0.05, 0) is 36.4 Å². The third kappa shape index (κ3) is 3.35. The Hall–Kier alpha value is -2.18. The van der Waals surface area contributed by atoms with Crippen LogP contribution in [0.2, 0.25) is 0 Å². The van der Waals surface area contributed by atoms with Gasteiger partial charge in [-0.3, -0.25) is 4.79 Å². The van der Waals surface area contributed by atoms with Gasteiger partial charge in [-0.25, -0.2) is 4.98 Å². The molecular weight excluding hydrogens is 362 g/mol. The molecule has 0 aliphatic rings. The highest BCUT2D eigenvalue weighted by Gasteiger charge is 2.07. The van der Waals surface area contributed by atoms with Crippen molar-refractivity contribution in [1.29, 1.82) is 0 Å². The van der Waals surface area contributed by atoms with Gasteiger partial charge in [0.1, 0.15) is 0 Å². The van der Waals surface area contributed by atoms with E-state index >= 15 is 0 Å². The highest BCUT2D eigenvalue weighted by molar-refractivity contribution is 9.10. The Bertz CT molecular complexity index is 797. The van der Waals surface area contributed by atoms with Crippen LogP contribution in [0.5, 0.6) is 0 Å². The molecule has 22 heavy (non-hydrogen) atoms. The molecule has 0 unspecified atom stereocenters. The molecule has 3 aromatic rings. The lowest BCUT2D eigenvalue weighted by atomic mass is 10.1. The van der Waals surface area contributed by atoms with Gasteiger partial charge >= 0.3 is 0 Å². The number of nitrogens with two attached hydrogens (primary N) is 1. The highest BCUT2D eigenvalue weighted by atomic mass is 79.9. The number of carbonyl (C=O) groups is 1. The molecule has 3 rings (SSSR count). The molecule has 110 valence electrons. The Labute approximate surface area is 140 Å². The van der Waals surface area contributed by atoms with Crippen molar-refractivity contribution in [1.82, 2.24) is 4.98 Å². The van der Waals surface area contributed by atoms with E-state index in [2.05, 4.69) is 26.2 Å². The summed E-state index contributed by atoms with van der Waals surface area (Å²) >= 11 is 4.75. The molecule has 0 atom stereocenters. The summed E-state index contributed by atoms with van der Waals surface area (Å²) < 4.78 is 0.941. The first kappa shape index (κ1) is 14.7. The lowest BCUT2D eigenvalue weighted by molar-refractivity contribution is 0.102. The van der Waals surface area contributed by atoms with E-state index in [1.807, 2.05) is 41.8 Å². The number of carbonyl (C=O) groups excluding carboxylic acids is 1. The van der Waals surface area contributed by atoms with Crippen molar-refractivity contribution < 1.29 is 4.79 Å². The van der Waals surface area contributed by atoms with Gasteiger partial charge in [0.25, 0.3) is 5.91 Å². The average molecular weight is 374 g/mol. The predicted molar refractivity (Wildman–Crippen MR) is 94.1 cm³/mol. The molecule has 0 fully saturated rings. The van der Waals surface area contributed by atoms with Crippen LogP contribution in [0.4, 0.5) is 10.8 Å². The SMILES string of the molecule is Nc1nc(-c2ccc(NC(=O)c3ccc(Br)cc3)cc2)cs1. The molecule has 3 N–H and O–H groups in total. The number of nitrogens with one attached hydrogen (secondary N) is 1. The summed E-state index contributed by atoms with van der Waals surface area (Å²) in [5.41, 5.74) is 8.79. The van der Waals surface area contributed by atoms with E-state index in [1.165, 1.54) is 11.3 Å². The van der Waals surface area contributed by atoms with Gasteiger partial charge in [0.15, 0.2) is 5.13 Å². The molecule has 1 amide bonds. The minimum atomic E-state index is -0.141. The minimum Gasteiger partial charge on any atom is -0.375 e. The number of amides is 1. The van der Waals surface area contributed by atoms with Gasteiger partial charge in [0.2, 0.25) is 0 Å². The average Bonchev–Trinajstić information content (AvgIpc) is 2.95. The number of benzene rings is 2. The Balaban J connectivity index is 1.73. The molecule has 0 saturated carbocycles. The molecule has 1 heterocycles. The fraction of sp³-hybridized carbons (Fsp3) is 0. The number of halogens is 1. The zero-order valence-electron chi connectivity index (χ0n) is 11.4. The van der Waals surface area contributed by atoms with Crippen LogP contribution in [0.3, 0.4) is 0 Å². The second kappa shape index (κ2) is 6.29. The van der Waals surface area contributed by atoms with E-state index in [9.17, 15) is 4.79 Å². The number of anilines is 2. The van der Waals surface area contributed by atoms with Crippen molar-refractivity contribution in [3.63, 3.8) is 0 Å². The summed E-state index contributed by atoms with van der Waals surface area (Å²) in [6, 6.07) is 14.7. The van der Waals surface area contributed by atoms with Gasteiger partial charge in [-0.15, -0.1) is 11.3 Å². The summed E-state index contributed by atoms with van der Waals surface area (Å²) in [5.74, 6) is -0.141. The topological polar surface area (TPSA) is 68.0 Å². The van der Waals surface area contributed by atoms with E-state index in [-0.39, 0.29) is 5.91 Å². The van der Waals surface area contributed by atoms with Gasteiger partial charge in [-0.1, -0.05) is 28.1 Å². The highest BCUT2D eigenvalue weighted by Crippen LogP contribution is 2.24. The van der Waals surface area contributed by atoms with Gasteiger partial charge in [0, 0.05) is 26.7 Å². The molecule has 6 heteroatoms. The fourth-order valence-electron chi connectivity index (χ4n) is 1.95. The maximum atomic E-state index is 12.1. The maximum Gasteiger partial charge on any atom is 0.255 e. The minimum absolute atomic E-state index is 0.141. The van der Waals surface area contributed by atoms with E-state index in [1.54, 1.807) is 12.1 Å². The number of aromatic nitrogens is 1. The molecule has 2 aromatic carbocycles. The zero-order chi connectivity index (χ0) is 15.5. The van der Waals surface area contributed by atoms with E-state index in [0.717, 1.165) is 21.4 Å². The number of nitrogens with zero attached hydrogens (tertiary/aromatic N) is 1. The van der Waals surface area contributed by atoms with Crippen LogP contribution in [0.1, 0.15) is 10.4 Å². The number of hydrogen-bond donors (Lipinski definition) is 2. The first-order valence-corrected chi connectivity index (χ1v) is 8.17. The van der Waals surface area contributed by atoms with Crippen LogP contribution in [0.15, 0.2) is 58.4 Å². The third-order valence-corrected chi connectivity index (χ3v) is 4.27. The second-order valence-electron chi connectivity index (χ2n) is 4.61. The third-order valence-electron chi connectivity index (χ3n) is 3.07. The fourth-order valence-corrected chi connectivity index (χ4v) is 2.79. The maximum absolute atomic E-state index is 12.1. The van der Waals surface area contributed by atoms with Crippen LogP contribution in [0.25, 0.3) is 11.3 Å². The van der Waals surface area contributed by atoms with Crippen LogP contribution < -0.4 is 11.1 Å². The van der Waals surface area contributed by atoms with Crippen molar-refractivity contribution in [2.24, 2.45) is 0 Å². The van der Waals surface area contributed by atoms with E-state index in [0.29, 0.717) is 10.7 Å². The first-order chi connectivity index (χ1) is 10.6. The second-order valence-corrected chi connectivity index (χ2v) is 6.41. The molecule has 0 radical (unpaired) electrons. The van der Waals surface area contributed by atoms with Gasteiger partial charge in [0.05, 0.1) is 5.69 Å². The normalized spacial score (nSPS) is 10.4. The van der Waals surface area contributed by atoms with Gasteiger partial charge in [-0.2, -0.15) is 0 Å². The van der Waals surface area contributed by atoms with E-state index in [4.69, 9.17) is 5.73 Å². The van der Waals surface area contributed by atoms with Gasteiger partial charge < -0.3 is 11.1 Å². The lowest BCUT2D eigenvalue weighted by Crippen LogP contribution is -2.11. The van der Waals surface area contributed by atoms with Crippen LogP contribution in [-0.2, 0) is 0 Å². The number of nitrogen functional groups attached to an aromatic ring is 1. The lowest BCUT2D eigenvalue weighted by Gasteiger charge is -2.06. The van der Waals surface area contributed by atoms with Crippen molar-refractivity contribution in [3.8, 4) is 11.3 Å². The van der Waals surface area contributed by atoms with Crippen LogP contribution in [0, 0.1) is 0 Å². The van der Waals surface area contributed by atoms with E-state index < -0.39 is 0 Å². The largest absolute Gasteiger partial charge is 0.375 e. The van der Waals surface area contributed by atoms with Crippen molar-refractivity contribution in [2.45, 2.75) is 0 Å². The van der Waals surface area contributed by atoms with Crippen molar-refractivity contribution >= 4 is 44.0 Å². The zero-order valence-corrected chi connectivity index (χ0v) is 13.8. The Morgan fingerprint density at radius 3 is 2.36 bits per heavy atom. The smallest absolute Gasteiger partial charge is 0.255 e. The molecular formula is C16H12BrN3OS. The van der Waals surface area contributed by atoms with Crippen molar-refractivity contribution in [3.05, 3.63) is 63.9 Å². The molecule has 0 aliphatic carbocycles. The predicted octanol–water partition coefficient (Wildman–Crippen LogP) is 4.41. The summed E-state index contributed by atoms with van der Waals surface area (Å²) in [6.45, 7) is 0. The molecule has 0 bridgehead atoms. The molecule has 4 nitrogen and oxygen atoms in total. The number of thiazole rings is 1. The summed E-state index contributed by atoms with van der Waals surface area (Å²) in [6.07, 6.45) is 0. The summed E-state index contributed by atoms with van der Waals surface area (Å²) in [4.78, 5) is 16.4. The first-order valence-electron chi connectivity index (χ1n) is 6.50. The standard InChI is InChI=1S/C16H12BrN3OS/c17-12-5-1-11(2-6-12)15(21)19-13-7-3-10(4-8-13)14-9-22-16(18)20-14/h1-9H,(H2,18,20)(H,19,21). The molecule has 0 aliphatic heterocycles. The van der Waals surface area contributed by atoms with Crippen LogP contribution in [-0.4, -0.2) is 10.9 Å². The Morgan fingerprint density at radius 1 is 1.09 bits per heavy atom. The Kier molecular flexibility index (Phi) is 4.22. The number of hydrogen-bond acceptors (Lipinski definition) is 4. The Morgan fingerprint density at radius 2 is 1.77 bits per heavy atom. The molecule has 0 saturated heterocycles. The summed E-state index contributed by atoms with van der Waals surface area (Å²) in [5, 5.41) is 5.32. The monoisotopic (exact) mass is 373 g/mol. The quantitative estimate of drug-likeness (QED) is 0.714. The summed E-state index contributed by atoms with van der Waals surface area (Å²) in [7, 11) is 0. The molecule has 0 spiro atoms. The molecule has 1 aromatic heterocycles. The van der Waals surface area contributed by atoms with Crippen molar-refractivity contribution in [2.75, 3.05) is 11.1 Å². The number of rotatable bonds is 3. The van der Waals surface area contributed by atoms with Crippen LogP contribution >= 0.6 is 27.3 Å².